The van der Waals surface area contributed by atoms with Gasteiger partial charge in [0.25, 0.3) is 0 Å². The summed E-state index contributed by atoms with van der Waals surface area (Å²) in [5.74, 6) is 0.622. The van der Waals surface area contributed by atoms with Crippen LogP contribution in [0.2, 0.25) is 0 Å². The fourth-order valence-electron chi connectivity index (χ4n) is 1.56. The second kappa shape index (κ2) is 3.36. The Bertz CT molecular complexity index is 294. The zero-order chi connectivity index (χ0) is 9.26. The molecule has 2 heteroatoms. The first kappa shape index (κ1) is 8.54. The third-order valence-corrected chi connectivity index (χ3v) is 2.55. The van der Waals surface area contributed by atoms with Crippen molar-refractivity contribution in [3.05, 3.63) is 30.1 Å². The van der Waals surface area contributed by atoms with E-state index in [1.54, 1.807) is 12.1 Å². The van der Waals surface area contributed by atoms with Gasteiger partial charge in [-0.05, 0) is 43.9 Å². The minimum Gasteiger partial charge on any atom is -0.382 e. The van der Waals surface area contributed by atoms with Gasteiger partial charge in [0.1, 0.15) is 5.82 Å². The lowest BCUT2D eigenvalue weighted by Crippen LogP contribution is -2.17. The van der Waals surface area contributed by atoms with Gasteiger partial charge in [-0.2, -0.15) is 0 Å². The molecule has 0 aromatic heterocycles. The van der Waals surface area contributed by atoms with E-state index in [9.17, 15) is 4.39 Å². The Balaban J connectivity index is 2.00. The Kier molecular flexibility index (Phi) is 2.21. The van der Waals surface area contributed by atoms with Crippen LogP contribution in [-0.4, -0.2) is 6.04 Å². The molecule has 0 spiro atoms. The summed E-state index contributed by atoms with van der Waals surface area (Å²) in [7, 11) is 0. The second-order valence-electron chi connectivity index (χ2n) is 3.78. The van der Waals surface area contributed by atoms with Crippen molar-refractivity contribution in [1.82, 2.24) is 0 Å². The first-order valence-corrected chi connectivity index (χ1v) is 4.78. The van der Waals surface area contributed by atoms with Gasteiger partial charge in [-0.1, -0.05) is 6.07 Å². The molecule has 0 aliphatic heterocycles. The molecule has 1 unspecified atom stereocenters. The number of benzene rings is 1. The lowest BCUT2D eigenvalue weighted by Gasteiger charge is -2.13. The summed E-state index contributed by atoms with van der Waals surface area (Å²) >= 11 is 0. The first-order valence-electron chi connectivity index (χ1n) is 4.78. The van der Waals surface area contributed by atoms with Gasteiger partial charge in [-0.25, -0.2) is 4.39 Å². The van der Waals surface area contributed by atoms with E-state index in [0.29, 0.717) is 6.04 Å². The molecule has 0 radical (unpaired) electrons. The largest absolute Gasteiger partial charge is 0.382 e. The molecule has 1 saturated carbocycles. The number of hydrogen-bond acceptors (Lipinski definition) is 1. The molecule has 1 aliphatic carbocycles. The highest BCUT2D eigenvalue weighted by Crippen LogP contribution is 2.33. The lowest BCUT2D eigenvalue weighted by atomic mass is 10.2. The molecule has 1 atom stereocenters. The highest BCUT2D eigenvalue weighted by molar-refractivity contribution is 5.44. The van der Waals surface area contributed by atoms with E-state index in [-0.39, 0.29) is 5.82 Å². The van der Waals surface area contributed by atoms with E-state index >= 15 is 0 Å². The summed E-state index contributed by atoms with van der Waals surface area (Å²) < 4.78 is 12.8. The standard InChI is InChI=1S/C11H14FN/c1-8(9-5-6-9)13-11-4-2-3-10(12)7-11/h2-4,7-9,13H,5-6H2,1H3. The molecular weight excluding hydrogens is 165 g/mol. The summed E-state index contributed by atoms with van der Waals surface area (Å²) in [6.45, 7) is 2.16. The average molecular weight is 179 g/mol. The molecule has 0 bridgehead atoms. The quantitative estimate of drug-likeness (QED) is 0.752. The minimum absolute atomic E-state index is 0.173. The third-order valence-electron chi connectivity index (χ3n) is 2.55. The van der Waals surface area contributed by atoms with Crippen LogP contribution in [0, 0.1) is 11.7 Å². The molecule has 0 amide bonds. The van der Waals surface area contributed by atoms with Gasteiger partial charge in [0.2, 0.25) is 0 Å². The monoisotopic (exact) mass is 179 g/mol. The fraction of sp³-hybridized carbons (Fsp3) is 0.455. The molecular formula is C11H14FN. The highest BCUT2D eigenvalue weighted by Gasteiger charge is 2.27. The first-order chi connectivity index (χ1) is 6.25. The van der Waals surface area contributed by atoms with Crippen molar-refractivity contribution in [1.29, 1.82) is 0 Å². The molecule has 1 fully saturated rings. The Hall–Kier alpha value is -1.05. The highest BCUT2D eigenvalue weighted by atomic mass is 19.1. The molecule has 1 aromatic carbocycles. The predicted octanol–water partition coefficient (Wildman–Crippen LogP) is 3.04. The van der Waals surface area contributed by atoms with Gasteiger partial charge in [-0.15, -0.1) is 0 Å². The van der Waals surface area contributed by atoms with Crippen LogP contribution >= 0.6 is 0 Å². The van der Waals surface area contributed by atoms with E-state index in [0.717, 1.165) is 11.6 Å². The maximum atomic E-state index is 12.8. The Labute approximate surface area is 78.0 Å². The van der Waals surface area contributed by atoms with Gasteiger partial charge < -0.3 is 5.32 Å². The van der Waals surface area contributed by atoms with Crippen molar-refractivity contribution in [3.8, 4) is 0 Å². The second-order valence-corrected chi connectivity index (χ2v) is 3.78. The summed E-state index contributed by atoms with van der Waals surface area (Å²) in [4.78, 5) is 0. The van der Waals surface area contributed by atoms with Crippen LogP contribution in [-0.2, 0) is 0 Å². The number of nitrogens with one attached hydrogen (secondary N) is 1. The molecule has 2 rings (SSSR count). The van der Waals surface area contributed by atoms with Crippen molar-refractivity contribution < 1.29 is 4.39 Å². The molecule has 1 aliphatic rings. The topological polar surface area (TPSA) is 12.0 Å². The van der Waals surface area contributed by atoms with E-state index in [1.165, 1.54) is 18.9 Å². The van der Waals surface area contributed by atoms with Gasteiger partial charge in [0.05, 0.1) is 0 Å². The van der Waals surface area contributed by atoms with Crippen molar-refractivity contribution in [2.75, 3.05) is 5.32 Å². The van der Waals surface area contributed by atoms with Crippen LogP contribution in [0.25, 0.3) is 0 Å². The SMILES string of the molecule is CC(Nc1cccc(F)c1)C1CC1. The van der Waals surface area contributed by atoms with Crippen molar-refractivity contribution in [2.24, 2.45) is 5.92 Å². The maximum absolute atomic E-state index is 12.8. The zero-order valence-corrected chi connectivity index (χ0v) is 7.76. The summed E-state index contributed by atoms with van der Waals surface area (Å²) in [6, 6.07) is 7.12. The number of rotatable bonds is 3. The molecule has 70 valence electrons. The molecule has 1 nitrogen and oxygen atoms in total. The molecule has 0 heterocycles. The van der Waals surface area contributed by atoms with E-state index in [2.05, 4.69) is 12.2 Å². The fourth-order valence-corrected chi connectivity index (χ4v) is 1.56. The van der Waals surface area contributed by atoms with E-state index < -0.39 is 0 Å². The van der Waals surface area contributed by atoms with E-state index in [1.807, 2.05) is 6.07 Å². The number of anilines is 1. The van der Waals surface area contributed by atoms with Crippen LogP contribution in [0.4, 0.5) is 10.1 Å². The maximum Gasteiger partial charge on any atom is 0.125 e. The van der Waals surface area contributed by atoms with Crippen molar-refractivity contribution in [3.63, 3.8) is 0 Å². The molecule has 0 saturated heterocycles. The van der Waals surface area contributed by atoms with Crippen LogP contribution in [0.15, 0.2) is 24.3 Å². The normalized spacial score (nSPS) is 18.3. The zero-order valence-electron chi connectivity index (χ0n) is 7.76. The number of hydrogen-bond donors (Lipinski definition) is 1. The lowest BCUT2D eigenvalue weighted by molar-refractivity contribution is 0.626. The summed E-state index contributed by atoms with van der Waals surface area (Å²) in [5.41, 5.74) is 0.888. The van der Waals surface area contributed by atoms with Crippen LogP contribution in [0.3, 0.4) is 0 Å². The Morgan fingerprint density at radius 3 is 2.85 bits per heavy atom. The number of halogens is 1. The van der Waals surface area contributed by atoms with Gasteiger partial charge >= 0.3 is 0 Å². The molecule has 1 N–H and O–H groups in total. The Morgan fingerprint density at radius 2 is 2.23 bits per heavy atom. The minimum atomic E-state index is -0.173. The van der Waals surface area contributed by atoms with Gasteiger partial charge in [0.15, 0.2) is 0 Å². The smallest absolute Gasteiger partial charge is 0.125 e. The van der Waals surface area contributed by atoms with Gasteiger partial charge in [0, 0.05) is 11.7 Å². The third kappa shape index (κ3) is 2.20. The Morgan fingerprint density at radius 1 is 1.46 bits per heavy atom. The summed E-state index contributed by atoms with van der Waals surface area (Å²) in [5, 5.41) is 3.30. The predicted molar refractivity (Wildman–Crippen MR) is 52.2 cm³/mol. The van der Waals surface area contributed by atoms with E-state index in [4.69, 9.17) is 0 Å². The van der Waals surface area contributed by atoms with Crippen molar-refractivity contribution in [2.45, 2.75) is 25.8 Å². The van der Waals surface area contributed by atoms with Gasteiger partial charge in [-0.3, -0.25) is 0 Å². The van der Waals surface area contributed by atoms with Crippen LogP contribution in [0.5, 0.6) is 0 Å². The molecule has 13 heavy (non-hydrogen) atoms. The average Bonchev–Trinajstić information content (AvgIpc) is 2.85. The summed E-state index contributed by atoms with van der Waals surface area (Å²) in [6.07, 6.45) is 2.62. The van der Waals surface area contributed by atoms with Crippen LogP contribution in [0.1, 0.15) is 19.8 Å². The molecule has 1 aromatic rings. The van der Waals surface area contributed by atoms with Crippen molar-refractivity contribution >= 4 is 5.69 Å². The van der Waals surface area contributed by atoms with Crippen LogP contribution < -0.4 is 5.32 Å².